The smallest absolute Gasteiger partial charge is 0.356 e. The van der Waals surface area contributed by atoms with Crippen LogP contribution in [-0.2, 0) is 13.5 Å². The first kappa shape index (κ1) is 20.2. The molecule has 1 amide bonds. The number of pyridine rings is 1. The van der Waals surface area contributed by atoms with Crippen molar-refractivity contribution < 1.29 is 19.4 Å². The maximum absolute atomic E-state index is 12.6. The number of nitrogens with one attached hydrogen (secondary N) is 1. The normalized spacial score (nSPS) is 11.2. The Labute approximate surface area is 170 Å². The van der Waals surface area contributed by atoms with Crippen molar-refractivity contribution in [3.63, 3.8) is 0 Å². The zero-order chi connectivity index (χ0) is 20.6. The van der Waals surface area contributed by atoms with E-state index in [0.717, 1.165) is 0 Å². The van der Waals surface area contributed by atoms with E-state index < -0.39 is 5.97 Å². The van der Waals surface area contributed by atoms with Crippen molar-refractivity contribution in [1.29, 1.82) is 0 Å². The topological polar surface area (TPSA) is 93.4 Å². The largest absolute Gasteiger partial charge is 0.488 e. The van der Waals surface area contributed by atoms with Gasteiger partial charge in [-0.25, -0.2) is 9.78 Å². The first-order valence-electron chi connectivity index (χ1n) is 8.71. The number of aromatic nitrogens is 2. The molecule has 3 rings (SSSR count). The molecule has 0 saturated heterocycles. The molecule has 0 saturated carbocycles. The van der Waals surface area contributed by atoms with Crippen LogP contribution < -0.4 is 10.1 Å². The van der Waals surface area contributed by atoms with Gasteiger partial charge in [-0.1, -0.05) is 18.5 Å². The van der Waals surface area contributed by atoms with Crippen LogP contribution in [0.5, 0.6) is 5.75 Å². The number of aromatic carboxylic acids is 1. The molecule has 0 aliphatic rings. The van der Waals surface area contributed by atoms with E-state index in [2.05, 4.69) is 10.3 Å². The second-order valence-corrected chi connectivity index (χ2v) is 7.79. The van der Waals surface area contributed by atoms with Crippen molar-refractivity contribution in [2.24, 2.45) is 7.05 Å². The quantitative estimate of drug-likeness (QED) is 0.607. The molecular formula is C19H20ClN3O4S. The number of aryl methyl sites for hydroxylation is 2. The van der Waals surface area contributed by atoms with Crippen molar-refractivity contribution in [2.75, 3.05) is 5.32 Å². The van der Waals surface area contributed by atoms with E-state index in [-0.39, 0.29) is 23.5 Å². The third-order valence-electron chi connectivity index (χ3n) is 4.16. The Kier molecular flexibility index (Phi) is 5.62. The highest BCUT2D eigenvalue weighted by Gasteiger charge is 2.25. The first-order valence-corrected chi connectivity index (χ1v) is 9.96. The molecule has 28 heavy (non-hydrogen) atoms. The summed E-state index contributed by atoms with van der Waals surface area (Å²) in [5.74, 6) is -1.21. The number of ether oxygens (including phenoxy) is 1. The van der Waals surface area contributed by atoms with Crippen LogP contribution in [-0.4, -0.2) is 32.6 Å². The Bertz CT molecular complexity index is 1070. The van der Waals surface area contributed by atoms with Gasteiger partial charge in [0.15, 0.2) is 11.4 Å². The third kappa shape index (κ3) is 3.57. The van der Waals surface area contributed by atoms with Crippen molar-refractivity contribution >= 4 is 51.5 Å². The highest BCUT2D eigenvalue weighted by atomic mass is 35.5. The number of amides is 1. The molecule has 3 heterocycles. The Morgan fingerprint density at radius 1 is 1.43 bits per heavy atom. The number of halogens is 1. The van der Waals surface area contributed by atoms with E-state index in [0.29, 0.717) is 38.7 Å². The third-order valence-corrected chi connectivity index (χ3v) is 5.50. The molecule has 148 valence electrons. The van der Waals surface area contributed by atoms with Crippen LogP contribution in [0.15, 0.2) is 17.5 Å². The summed E-state index contributed by atoms with van der Waals surface area (Å²) < 4.78 is 7.29. The lowest BCUT2D eigenvalue weighted by atomic mass is 10.2. The van der Waals surface area contributed by atoms with Gasteiger partial charge in [-0.15, -0.1) is 11.3 Å². The minimum absolute atomic E-state index is 0.0167. The summed E-state index contributed by atoms with van der Waals surface area (Å²) in [5, 5.41) is 15.1. The van der Waals surface area contributed by atoms with Crippen molar-refractivity contribution in [1.82, 2.24) is 9.55 Å². The Hall–Kier alpha value is -2.58. The molecule has 3 aromatic heterocycles. The molecule has 0 radical (unpaired) electrons. The molecule has 0 spiro atoms. The molecule has 0 unspecified atom stereocenters. The summed E-state index contributed by atoms with van der Waals surface area (Å²) in [7, 11) is 1.63. The number of carbonyl (C=O) groups excluding carboxylic acids is 1. The maximum Gasteiger partial charge on any atom is 0.356 e. The van der Waals surface area contributed by atoms with Crippen LogP contribution in [0.25, 0.3) is 11.0 Å². The summed E-state index contributed by atoms with van der Waals surface area (Å²) in [6, 6.07) is 3.37. The number of carbonyl (C=O) groups is 2. The average Bonchev–Trinajstić information content (AvgIpc) is 3.15. The number of fused-ring (bicyclic) bond motifs is 1. The summed E-state index contributed by atoms with van der Waals surface area (Å²) in [5.41, 5.74) is 1.64. The number of nitrogens with zero attached hydrogens (tertiary/aromatic N) is 2. The van der Waals surface area contributed by atoms with E-state index in [1.165, 1.54) is 15.9 Å². The van der Waals surface area contributed by atoms with Crippen LogP contribution >= 0.6 is 22.9 Å². The number of rotatable bonds is 6. The molecule has 0 atom stereocenters. The van der Waals surface area contributed by atoms with E-state index in [1.54, 1.807) is 24.6 Å². The van der Waals surface area contributed by atoms with Crippen molar-refractivity contribution in [2.45, 2.75) is 33.3 Å². The van der Waals surface area contributed by atoms with Crippen LogP contribution in [0.1, 0.15) is 46.6 Å². The van der Waals surface area contributed by atoms with Crippen molar-refractivity contribution in [3.8, 4) is 5.75 Å². The first-order chi connectivity index (χ1) is 13.2. The van der Waals surface area contributed by atoms with Gasteiger partial charge in [-0.3, -0.25) is 4.79 Å². The second kappa shape index (κ2) is 7.81. The number of carboxylic acid groups (broad SMARTS) is 1. The van der Waals surface area contributed by atoms with Crippen molar-refractivity contribution in [3.05, 3.63) is 38.8 Å². The predicted molar refractivity (Wildman–Crippen MR) is 110 cm³/mol. The molecule has 9 heteroatoms. The monoisotopic (exact) mass is 421 g/mol. The summed E-state index contributed by atoms with van der Waals surface area (Å²) in [6.45, 7) is 5.55. The molecule has 7 nitrogen and oxygen atoms in total. The van der Waals surface area contributed by atoms with E-state index in [9.17, 15) is 14.7 Å². The van der Waals surface area contributed by atoms with Gasteiger partial charge in [0.2, 0.25) is 0 Å². The average molecular weight is 422 g/mol. The standard InChI is InChI=1S/C19H20ClN3O4S/c1-5-12-13(22-18(24)16-11(20)6-7-28-16)8-10-15(27-9(2)3)14(19(25)26)23(4)17(10)21-12/h6-9H,5H2,1-4H3,(H,22,24)(H,25,26). The van der Waals surface area contributed by atoms with Gasteiger partial charge in [-0.2, -0.15) is 0 Å². The van der Waals surface area contributed by atoms with Gasteiger partial charge < -0.3 is 19.7 Å². The van der Waals surface area contributed by atoms with Gasteiger partial charge in [0.05, 0.1) is 27.9 Å². The molecular weight excluding hydrogens is 402 g/mol. The minimum atomic E-state index is -1.11. The van der Waals surface area contributed by atoms with E-state index in [4.69, 9.17) is 16.3 Å². The van der Waals surface area contributed by atoms with Gasteiger partial charge >= 0.3 is 5.97 Å². The molecule has 2 N–H and O–H groups in total. The SMILES string of the molecule is CCc1nc2c(cc1NC(=O)c1sccc1Cl)c(OC(C)C)c(C(=O)O)n2C. The predicted octanol–water partition coefficient (Wildman–Crippen LogP) is 4.59. The number of hydrogen-bond acceptors (Lipinski definition) is 5. The highest BCUT2D eigenvalue weighted by Crippen LogP contribution is 2.36. The molecule has 3 aromatic rings. The Morgan fingerprint density at radius 3 is 2.68 bits per heavy atom. The van der Waals surface area contributed by atoms with Gasteiger partial charge in [0, 0.05) is 7.05 Å². The molecule has 0 aromatic carbocycles. The zero-order valence-electron chi connectivity index (χ0n) is 15.9. The summed E-state index contributed by atoms with van der Waals surface area (Å²) in [4.78, 5) is 29.4. The lowest BCUT2D eigenvalue weighted by Gasteiger charge is -2.12. The second-order valence-electron chi connectivity index (χ2n) is 6.47. The van der Waals surface area contributed by atoms with Gasteiger partial charge in [-0.05, 0) is 37.8 Å². The minimum Gasteiger partial charge on any atom is -0.488 e. The highest BCUT2D eigenvalue weighted by molar-refractivity contribution is 7.12. The summed E-state index contributed by atoms with van der Waals surface area (Å²) >= 11 is 7.30. The van der Waals surface area contributed by atoms with Crippen LogP contribution in [0.3, 0.4) is 0 Å². The zero-order valence-corrected chi connectivity index (χ0v) is 17.4. The van der Waals surface area contributed by atoms with Crippen LogP contribution in [0.2, 0.25) is 5.02 Å². The molecule has 0 bridgehead atoms. The Balaban J connectivity index is 2.17. The molecule has 0 fully saturated rings. The van der Waals surface area contributed by atoms with Crippen LogP contribution in [0, 0.1) is 0 Å². The molecule has 0 aliphatic carbocycles. The fourth-order valence-corrected chi connectivity index (χ4v) is 3.99. The van der Waals surface area contributed by atoms with Gasteiger partial charge in [0.1, 0.15) is 10.5 Å². The van der Waals surface area contributed by atoms with Gasteiger partial charge in [0.25, 0.3) is 5.91 Å². The van der Waals surface area contributed by atoms with Crippen LogP contribution in [0.4, 0.5) is 5.69 Å². The maximum atomic E-state index is 12.6. The fraction of sp³-hybridized carbons (Fsp3) is 0.316. The molecule has 0 aliphatic heterocycles. The number of carboxylic acids is 1. The summed E-state index contributed by atoms with van der Waals surface area (Å²) in [6.07, 6.45) is 0.329. The lowest BCUT2D eigenvalue weighted by Crippen LogP contribution is -2.13. The van der Waals surface area contributed by atoms with E-state index >= 15 is 0 Å². The number of thiophene rings is 1. The number of hydrogen-bond donors (Lipinski definition) is 2. The fourth-order valence-electron chi connectivity index (χ4n) is 2.96. The Morgan fingerprint density at radius 2 is 2.14 bits per heavy atom. The number of anilines is 1. The lowest BCUT2D eigenvalue weighted by molar-refractivity contribution is 0.0680. The van der Waals surface area contributed by atoms with E-state index in [1.807, 2.05) is 20.8 Å².